The van der Waals surface area contributed by atoms with Crippen LogP contribution in [0.25, 0.3) is 0 Å². The third kappa shape index (κ3) is 3.46. The maximum absolute atomic E-state index is 8.93. The minimum atomic E-state index is 0.152. The van der Waals surface area contributed by atoms with Crippen LogP contribution in [0.15, 0.2) is 42.5 Å². The number of aromatic nitrogens is 1. The second kappa shape index (κ2) is 6.21. The van der Waals surface area contributed by atoms with Crippen LogP contribution in [0.5, 0.6) is 0 Å². The van der Waals surface area contributed by atoms with Crippen molar-refractivity contribution in [1.29, 1.82) is 5.26 Å². The summed E-state index contributed by atoms with van der Waals surface area (Å²) in [7, 11) is 0. The first-order valence-corrected chi connectivity index (χ1v) is 6.50. The van der Waals surface area contributed by atoms with E-state index in [0.29, 0.717) is 16.5 Å². The molecule has 0 spiro atoms. The number of anilines is 1. The number of rotatable bonds is 4. The molecule has 1 heterocycles. The molecule has 2 rings (SSSR count). The van der Waals surface area contributed by atoms with Gasteiger partial charge in [0.05, 0.1) is 17.7 Å². The number of hydrogen-bond acceptors (Lipinski definition) is 3. The van der Waals surface area contributed by atoms with Gasteiger partial charge in [-0.15, -0.1) is 0 Å². The van der Waals surface area contributed by atoms with Gasteiger partial charge in [0.2, 0.25) is 0 Å². The largest absolute Gasteiger partial charge is 0.363 e. The van der Waals surface area contributed by atoms with Crippen LogP contribution in [0.4, 0.5) is 5.82 Å². The fourth-order valence-electron chi connectivity index (χ4n) is 1.92. The average molecular weight is 272 g/mol. The minimum Gasteiger partial charge on any atom is -0.363 e. The van der Waals surface area contributed by atoms with Gasteiger partial charge in [0, 0.05) is 0 Å². The topological polar surface area (TPSA) is 48.7 Å². The summed E-state index contributed by atoms with van der Waals surface area (Å²) in [5.74, 6) is 0.625. The van der Waals surface area contributed by atoms with Gasteiger partial charge in [0.15, 0.2) is 0 Å². The summed E-state index contributed by atoms with van der Waals surface area (Å²) < 4.78 is 0. The molecule has 0 aliphatic rings. The van der Waals surface area contributed by atoms with E-state index in [1.807, 2.05) is 18.2 Å². The van der Waals surface area contributed by atoms with Crippen molar-refractivity contribution in [3.63, 3.8) is 0 Å². The highest BCUT2D eigenvalue weighted by Gasteiger charge is 2.10. The monoisotopic (exact) mass is 271 g/mol. The molecule has 1 N–H and O–H groups in total. The van der Waals surface area contributed by atoms with Gasteiger partial charge in [-0.3, -0.25) is 0 Å². The zero-order valence-corrected chi connectivity index (χ0v) is 11.4. The van der Waals surface area contributed by atoms with Crippen LogP contribution in [-0.4, -0.2) is 4.98 Å². The molecular formula is C15H14ClN3. The third-order valence-corrected chi connectivity index (χ3v) is 3.05. The Morgan fingerprint density at radius 1 is 1.32 bits per heavy atom. The summed E-state index contributed by atoms with van der Waals surface area (Å²) in [6.45, 7) is 2.10. The number of nitrogens with zero attached hydrogens (tertiary/aromatic N) is 2. The zero-order valence-electron chi connectivity index (χ0n) is 10.6. The van der Waals surface area contributed by atoms with E-state index in [-0.39, 0.29) is 6.04 Å². The van der Waals surface area contributed by atoms with E-state index in [2.05, 4.69) is 35.4 Å². The van der Waals surface area contributed by atoms with Crippen molar-refractivity contribution in [2.24, 2.45) is 0 Å². The van der Waals surface area contributed by atoms with Gasteiger partial charge in [-0.2, -0.15) is 5.26 Å². The molecule has 0 radical (unpaired) electrons. The summed E-state index contributed by atoms with van der Waals surface area (Å²) in [4.78, 5) is 4.20. The first-order chi connectivity index (χ1) is 9.22. The normalized spacial score (nSPS) is 11.6. The van der Waals surface area contributed by atoms with E-state index in [1.54, 1.807) is 12.1 Å². The number of benzene rings is 1. The Labute approximate surface area is 117 Å². The number of nitrogens with one attached hydrogen (secondary N) is 1. The smallest absolute Gasteiger partial charge is 0.132 e. The molecule has 3 nitrogen and oxygen atoms in total. The fourth-order valence-corrected chi connectivity index (χ4v) is 2.13. The highest BCUT2D eigenvalue weighted by Crippen LogP contribution is 2.23. The van der Waals surface area contributed by atoms with Crippen molar-refractivity contribution >= 4 is 17.4 Å². The lowest BCUT2D eigenvalue weighted by Gasteiger charge is -2.18. The van der Waals surface area contributed by atoms with Crippen LogP contribution < -0.4 is 5.32 Å². The second-order valence-electron chi connectivity index (χ2n) is 4.19. The second-order valence-corrected chi connectivity index (χ2v) is 4.58. The maximum atomic E-state index is 8.93. The number of hydrogen-bond donors (Lipinski definition) is 1. The van der Waals surface area contributed by atoms with Gasteiger partial charge < -0.3 is 5.32 Å². The molecule has 96 valence electrons. The SMILES string of the molecule is CCC(Nc1cc(C#N)cc(Cl)n1)c1ccccc1. The lowest BCUT2D eigenvalue weighted by Crippen LogP contribution is -2.10. The van der Waals surface area contributed by atoms with Crippen LogP contribution in [0.3, 0.4) is 0 Å². The number of halogens is 1. The molecule has 19 heavy (non-hydrogen) atoms. The minimum absolute atomic E-state index is 0.152. The molecule has 0 aliphatic heterocycles. The molecule has 0 bridgehead atoms. The molecule has 2 aromatic rings. The Kier molecular flexibility index (Phi) is 4.38. The molecule has 0 saturated heterocycles. The number of nitriles is 1. The van der Waals surface area contributed by atoms with Crippen molar-refractivity contribution in [1.82, 2.24) is 4.98 Å². The van der Waals surface area contributed by atoms with Gasteiger partial charge >= 0.3 is 0 Å². The Morgan fingerprint density at radius 2 is 2.05 bits per heavy atom. The first-order valence-electron chi connectivity index (χ1n) is 6.12. The zero-order chi connectivity index (χ0) is 13.7. The van der Waals surface area contributed by atoms with Crippen LogP contribution in [0.2, 0.25) is 5.15 Å². The molecule has 0 saturated carbocycles. The van der Waals surface area contributed by atoms with Gasteiger partial charge in [-0.25, -0.2) is 4.98 Å². The van der Waals surface area contributed by atoms with E-state index in [9.17, 15) is 0 Å². The summed E-state index contributed by atoms with van der Waals surface area (Å²) in [6.07, 6.45) is 0.917. The summed E-state index contributed by atoms with van der Waals surface area (Å²) in [6, 6.07) is 15.6. The summed E-state index contributed by atoms with van der Waals surface area (Å²) in [5.41, 5.74) is 1.69. The van der Waals surface area contributed by atoms with Crippen molar-refractivity contribution < 1.29 is 0 Å². The van der Waals surface area contributed by atoms with Gasteiger partial charge in [0.1, 0.15) is 11.0 Å². The highest BCUT2D eigenvalue weighted by molar-refractivity contribution is 6.29. The Balaban J connectivity index is 2.24. The average Bonchev–Trinajstić information content (AvgIpc) is 2.45. The predicted molar refractivity (Wildman–Crippen MR) is 77.1 cm³/mol. The lowest BCUT2D eigenvalue weighted by molar-refractivity contribution is 0.744. The molecule has 4 heteroatoms. The first kappa shape index (κ1) is 13.4. The van der Waals surface area contributed by atoms with Crippen molar-refractivity contribution in [2.45, 2.75) is 19.4 Å². The van der Waals surface area contributed by atoms with Crippen molar-refractivity contribution in [3.8, 4) is 6.07 Å². The van der Waals surface area contributed by atoms with Crippen LogP contribution in [0, 0.1) is 11.3 Å². The molecule has 1 aromatic carbocycles. The van der Waals surface area contributed by atoms with Crippen LogP contribution in [0.1, 0.15) is 30.5 Å². The van der Waals surface area contributed by atoms with Crippen LogP contribution in [-0.2, 0) is 0 Å². The molecule has 1 aromatic heterocycles. The summed E-state index contributed by atoms with van der Waals surface area (Å²) in [5, 5.41) is 12.6. The standard InChI is InChI=1S/C15H14ClN3/c1-2-13(12-6-4-3-5-7-12)18-15-9-11(10-17)8-14(16)19-15/h3-9,13H,2H2,1H3,(H,18,19). The Morgan fingerprint density at radius 3 is 2.68 bits per heavy atom. The van der Waals surface area contributed by atoms with E-state index < -0.39 is 0 Å². The van der Waals surface area contributed by atoms with E-state index in [1.165, 1.54) is 5.56 Å². The molecule has 0 amide bonds. The predicted octanol–water partition coefficient (Wildman–Crippen LogP) is 4.17. The van der Waals surface area contributed by atoms with E-state index in [4.69, 9.17) is 16.9 Å². The molecular weight excluding hydrogens is 258 g/mol. The van der Waals surface area contributed by atoms with Crippen molar-refractivity contribution in [2.75, 3.05) is 5.32 Å². The van der Waals surface area contributed by atoms with Gasteiger partial charge in [-0.1, -0.05) is 48.9 Å². The maximum Gasteiger partial charge on any atom is 0.132 e. The third-order valence-electron chi connectivity index (χ3n) is 2.86. The van der Waals surface area contributed by atoms with Crippen molar-refractivity contribution in [3.05, 3.63) is 58.7 Å². The molecule has 1 atom stereocenters. The molecule has 0 fully saturated rings. The number of pyridine rings is 1. The van der Waals surface area contributed by atoms with Crippen LogP contribution >= 0.6 is 11.6 Å². The molecule has 0 aliphatic carbocycles. The Hall–Kier alpha value is -2.05. The highest BCUT2D eigenvalue weighted by atomic mass is 35.5. The fraction of sp³-hybridized carbons (Fsp3) is 0.200. The van der Waals surface area contributed by atoms with Gasteiger partial charge in [0.25, 0.3) is 0 Å². The van der Waals surface area contributed by atoms with E-state index in [0.717, 1.165) is 6.42 Å². The quantitative estimate of drug-likeness (QED) is 0.849. The summed E-state index contributed by atoms with van der Waals surface area (Å²) >= 11 is 5.90. The Bertz CT molecular complexity index is 590. The van der Waals surface area contributed by atoms with Gasteiger partial charge in [-0.05, 0) is 24.1 Å². The lowest BCUT2D eigenvalue weighted by atomic mass is 10.0. The molecule has 1 unspecified atom stereocenters. The van der Waals surface area contributed by atoms with E-state index >= 15 is 0 Å².